The van der Waals surface area contributed by atoms with Crippen LogP contribution >= 0.6 is 0 Å². The maximum absolute atomic E-state index is 6.22. The summed E-state index contributed by atoms with van der Waals surface area (Å²) in [5.41, 5.74) is 0.828. The van der Waals surface area contributed by atoms with Gasteiger partial charge in [-0.3, -0.25) is 0 Å². The Bertz CT molecular complexity index is 667. The molecule has 1 aliphatic rings. The number of hydrogen-bond acceptors (Lipinski definition) is 6. The molecule has 3 atom stereocenters. The van der Waals surface area contributed by atoms with E-state index in [0.29, 0.717) is 12.4 Å². The van der Waals surface area contributed by atoms with Crippen LogP contribution in [0.5, 0.6) is 11.5 Å². The van der Waals surface area contributed by atoms with E-state index in [9.17, 15) is 0 Å². The van der Waals surface area contributed by atoms with E-state index in [0.717, 1.165) is 17.1 Å². The highest BCUT2D eigenvalue weighted by atomic mass is 28.3. The Morgan fingerprint density at radius 1 is 0.926 bits per heavy atom. The predicted octanol–water partition coefficient (Wildman–Crippen LogP) is 2.67. The molecule has 6 nitrogen and oxygen atoms in total. The normalized spacial score (nSPS) is 22.8. The number of hydrogen-bond donors (Lipinski definition) is 0. The smallest absolute Gasteiger partial charge is 0.151 e. The fraction of sp³-hybridized carbons (Fsp3) is 0.600. The maximum Gasteiger partial charge on any atom is 0.151 e. The third-order valence-electron chi connectivity index (χ3n) is 4.75. The molecule has 0 saturated carbocycles. The lowest BCUT2D eigenvalue weighted by atomic mass is 10.0. The second-order valence-electron chi connectivity index (χ2n) is 7.55. The fourth-order valence-electron chi connectivity index (χ4n) is 3.34. The molecule has 1 heterocycles. The average Bonchev–Trinajstić information content (AvgIpc) is 2.65. The largest absolute Gasteiger partial charge is 0.497 e. The van der Waals surface area contributed by atoms with Gasteiger partial charge in [-0.25, -0.2) is 0 Å². The van der Waals surface area contributed by atoms with E-state index < -0.39 is 8.07 Å². The van der Waals surface area contributed by atoms with Crippen molar-refractivity contribution in [3.05, 3.63) is 23.8 Å². The van der Waals surface area contributed by atoms with E-state index in [1.165, 1.54) is 5.19 Å². The molecule has 152 valence electrons. The first-order valence-electron chi connectivity index (χ1n) is 9.00. The molecular weight excluding hydrogens is 364 g/mol. The summed E-state index contributed by atoms with van der Waals surface area (Å²) in [6, 6.07) is 4.06. The molecular formula is C20H32O6Si. The second-order valence-corrected chi connectivity index (χ2v) is 12.6. The van der Waals surface area contributed by atoms with Gasteiger partial charge in [0, 0.05) is 21.3 Å². The molecule has 0 spiro atoms. The standard InChI is InChI=1S/C20H32O6Si/c1-21-12-18-20(25-5)17(24-4)10-15(26-18)13-9-16(23-3)19(27(6,7)8)11-14(13)22-2/h9-11,17-18,20H,12H2,1-8H3/t17-,18-,20+/m1/s1. The molecule has 1 aliphatic heterocycles. The first-order chi connectivity index (χ1) is 12.8. The van der Waals surface area contributed by atoms with Gasteiger partial charge in [-0.1, -0.05) is 19.6 Å². The molecule has 1 aromatic rings. The Hall–Kier alpha value is -1.54. The van der Waals surface area contributed by atoms with Crippen molar-refractivity contribution in [3.63, 3.8) is 0 Å². The van der Waals surface area contributed by atoms with Crippen LogP contribution in [0.2, 0.25) is 19.6 Å². The van der Waals surface area contributed by atoms with Gasteiger partial charge in [0.15, 0.2) is 6.10 Å². The summed E-state index contributed by atoms with van der Waals surface area (Å²) in [6.45, 7) is 7.22. The molecule has 7 heteroatoms. The summed E-state index contributed by atoms with van der Waals surface area (Å²) in [4.78, 5) is 0. The van der Waals surface area contributed by atoms with Crippen molar-refractivity contribution >= 4 is 19.0 Å². The lowest BCUT2D eigenvalue weighted by Crippen LogP contribution is -2.46. The molecule has 2 rings (SSSR count). The molecule has 0 unspecified atom stereocenters. The van der Waals surface area contributed by atoms with Crippen LogP contribution in [0.15, 0.2) is 18.2 Å². The van der Waals surface area contributed by atoms with E-state index in [1.54, 1.807) is 35.5 Å². The van der Waals surface area contributed by atoms with E-state index in [4.69, 9.17) is 28.4 Å². The highest BCUT2D eigenvalue weighted by Crippen LogP contribution is 2.36. The van der Waals surface area contributed by atoms with Gasteiger partial charge in [0.05, 0.1) is 34.5 Å². The minimum atomic E-state index is -1.61. The highest BCUT2D eigenvalue weighted by molar-refractivity contribution is 6.89. The molecule has 27 heavy (non-hydrogen) atoms. The Labute approximate surface area is 163 Å². The molecule has 0 fully saturated rings. The van der Waals surface area contributed by atoms with Crippen molar-refractivity contribution in [2.45, 2.75) is 38.0 Å². The number of benzene rings is 1. The van der Waals surface area contributed by atoms with Crippen LogP contribution in [0.4, 0.5) is 0 Å². The lowest BCUT2D eigenvalue weighted by Gasteiger charge is -2.36. The van der Waals surface area contributed by atoms with Gasteiger partial charge in [-0.15, -0.1) is 0 Å². The van der Waals surface area contributed by atoms with E-state index in [1.807, 2.05) is 12.1 Å². The van der Waals surface area contributed by atoms with Gasteiger partial charge in [-0.2, -0.15) is 0 Å². The zero-order valence-electron chi connectivity index (χ0n) is 17.6. The first kappa shape index (κ1) is 21.8. The summed E-state index contributed by atoms with van der Waals surface area (Å²) in [6.07, 6.45) is 1.11. The lowest BCUT2D eigenvalue weighted by molar-refractivity contribution is -0.106. The summed E-state index contributed by atoms with van der Waals surface area (Å²) in [7, 11) is 6.69. The maximum atomic E-state index is 6.22. The van der Waals surface area contributed by atoms with Gasteiger partial charge in [0.25, 0.3) is 0 Å². The topological polar surface area (TPSA) is 55.4 Å². The van der Waals surface area contributed by atoms with Crippen molar-refractivity contribution in [2.75, 3.05) is 42.2 Å². The summed E-state index contributed by atoms with van der Waals surface area (Å²) in [5.74, 6) is 2.27. The average molecular weight is 397 g/mol. The Morgan fingerprint density at radius 2 is 1.59 bits per heavy atom. The van der Waals surface area contributed by atoms with Crippen LogP contribution in [0.1, 0.15) is 5.56 Å². The zero-order valence-corrected chi connectivity index (χ0v) is 18.6. The predicted molar refractivity (Wildman–Crippen MR) is 109 cm³/mol. The SMILES string of the molecule is COC[C@H]1OC(c2cc(OC)c([Si](C)(C)C)cc2OC)=C[C@@H](OC)[C@@H]1OC. The zero-order chi connectivity index (χ0) is 20.2. The molecule has 0 aliphatic carbocycles. The van der Waals surface area contributed by atoms with Gasteiger partial charge in [-0.05, 0) is 23.4 Å². The van der Waals surface area contributed by atoms with Crippen LogP contribution in [0.3, 0.4) is 0 Å². The van der Waals surface area contributed by atoms with E-state index >= 15 is 0 Å². The minimum absolute atomic E-state index is 0.257. The van der Waals surface area contributed by atoms with Crippen LogP contribution < -0.4 is 14.7 Å². The summed E-state index contributed by atoms with van der Waals surface area (Å²) in [5, 5.41) is 1.20. The fourth-order valence-corrected chi connectivity index (χ4v) is 4.81. The van der Waals surface area contributed by atoms with Gasteiger partial charge < -0.3 is 28.4 Å². The summed E-state index contributed by atoms with van der Waals surface area (Å²) >= 11 is 0. The van der Waals surface area contributed by atoms with Gasteiger partial charge >= 0.3 is 0 Å². The van der Waals surface area contributed by atoms with E-state index in [2.05, 4.69) is 25.7 Å². The Balaban J connectivity index is 2.56. The molecule has 0 radical (unpaired) electrons. The molecule has 0 N–H and O–H groups in total. The molecule has 0 saturated heterocycles. The van der Waals surface area contributed by atoms with Crippen molar-refractivity contribution in [1.29, 1.82) is 0 Å². The quantitative estimate of drug-likeness (QED) is 0.630. The van der Waals surface area contributed by atoms with Crippen molar-refractivity contribution in [1.82, 2.24) is 0 Å². The number of rotatable bonds is 8. The monoisotopic (exact) mass is 396 g/mol. The molecule has 0 bridgehead atoms. The van der Waals surface area contributed by atoms with Gasteiger partial charge in [0.2, 0.25) is 0 Å². The molecule has 0 aromatic heterocycles. The van der Waals surface area contributed by atoms with Crippen LogP contribution in [0.25, 0.3) is 5.76 Å². The first-order valence-corrected chi connectivity index (χ1v) is 12.5. The van der Waals surface area contributed by atoms with E-state index in [-0.39, 0.29) is 18.3 Å². The van der Waals surface area contributed by atoms with Crippen molar-refractivity contribution in [3.8, 4) is 11.5 Å². The highest BCUT2D eigenvalue weighted by Gasteiger charge is 2.37. The van der Waals surface area contributed by atoms with Crippen molar-refractivity contribution < 1.29 is 28.4 Å². The third kappa shape index (κ3) is 4.66. The van der Waals surface area contributed by atoms with Crippen LogP contribution in [-0.2, 0) is 18.9 Å². The third-order valence-corrected chi connectivity index (χ3v) is 6.76. The number of methoxy groups -OCH3 is 5. The second kappa shape index (κ2) is 9.10. The van der Waals surface area contributed by atoms with Crippen LogP contribution in [-0.4, -0.2) is 68.5 Å². The Kier molecular flexibility index (Phi) is 7.33. The van der Waals surface area contributed by atoms with Crippen molar-refractivity contribution in [2.24, 2.45) is 0 Å². The van der Waals surface area contributed by atoms with Gasteiger partial charge in [0.1, 0.15) is 29.5 Å². The Morgan fingerprint density at radius 3 is 2.07 bits per heavy atom. The minimum Gasteiger partial charge on any atom is -0.497 e. The summed E-state index contributed by atoms with van der Waals surface area (Å²) < 4.78 is 34.1. The molecule has 1 aromatic carbocycles. The molecule has 0 amide bonds. The number of ether oxygens (including phenoxy) is 6. The van der Waals surface area contributed by atoms with Crippen LogP contribution in [0, 0.1) is 0 Å².